The first-order valence-electron chi connectivity index (χ1n) is 42.1. The summed E-state index contributed by atoms with van der Waals surface area (Å²) in [5.74, 6) is -0.0353. The molecular weight excluding hydrogens is 1110 g/mol. The van der Waals surface area contributed by atoms with Gasteiger partial charge in [0, 0.05) is 12.8 Å². The molecule has 1 amide bonds. The van der Waals surface area contributed by atoms with Crippen molar-refractivity contribution in [3.8, 4) is 0 Å². The molecule has 2 atom stereocenters. The van der Waals surface area contributed by atoms with Crippen LogP contribution in [-0.4, -0.2) is 47.4 Å². The van der Waals surface area contributed by atoms with Gasteiger partial charge >= 0.3 is 5.97 Å². The van der Waals surface area contributed by atoms with Gasteiger partial charge in [0.25, 0.3) is 0 Å². The van der Waals surface area contributed by atoms with Crippen molar-refractivity contribution in [3.05, 3.63) is 24.3 Å². The molecule has 0 radical (unpaired) electrons. The first-order chi connectivity index (χ1) is 45.0. The molecule has 0 aliphatic rings. The fourth-order valence-electron chi connectivity index (χ4n) is 13.6. The number of amides is 1. The van der Waals surface area contributed by atoms with E-state index in [1.54, 1.807) is 6.08 Å². The molecule has 0 heterocycles. The SMILES string of the molecule is CCCCCCCCCCCCCCCCCCCCCCC/C=C/C(O)C(CO)NC(=O)CCCCCCCCCCCCCCCCCCC/C=C\CCCCCCCCCCCCCCOC(=O)CCCCCCCCCCCCCCCCCCCC. The number of esters is 1. The first-order valence-corrected chi connectivity index (χ1v) is 42.1. The number of unbranched alkanes of at least 4 members (excludes halogenated alkanes) is 67. The van der Waals surface area contributed by atoms with Crippen LogP contribution in [0.2, 0.25) is 0 Å². The number of aliphatic hydroxyl groups excluding tert-OH is 2. The van der Waals surface area contributed by atoms with E-state index in [2.05, 4.69) is 31.3 Å². The number of carbonyl (C=O) groups is 2. The van der Waals surface area contributed by atoms with Crippen LogP contribution in [0.1, 0.15) is 483 Å². The van der Waals surface area contributed by atoms with Gasteiger partial charge in [0.05, 0.1) is 25.4 Å². The predicted octanol–water partition coefficient (Wildman–Crippen LogP) is 28.0. The second-order valence-corrected chi connectivity index (χ2v) is 29.2. The first kappa shape index (κ1) is 89.3. The summed E-state index contributed by atoms with van der Waals surface area (Å²) in [6.07, 6.45) is 105. The Balaban J connectivity index is 3.36. The van der Waals surface area contributed by atoms with Gasteiger partial charge in [0.1, 0.15) is 0 Å². The summed E-state index contributed by atoms with van der Waals surface area (Å²) in [4.78, 5) is 24.7. The molecule has 0 aliphatic carbocycles. The highest BCUT2D eigenvalue weighted by molar-refractivity contribution is 5.76. The number of rotatable bonds is 80. The highest BCUT2D eigenvalue weighted by atomic mass is 16.5. The van der Waals surface area contributed by atoms with Crippen molar-refractivity contribution in [2.45, 2.75) is 495 Å². The Bertz CT molecular complexity index is 1430. The highest BCUT2D eigenvalue weighted by Gasteiger charge is 2.18. The Labute approximate surface area is 571 Å². The number of carbonyl (C=O) groups excluding carboxylic acids is 2. The van der Waals surface area contributed by atoms with Crippen LogP contribution >= 0.6 is 0 Å². The van der Waals surface area contributed by atoms with E-state index in [-0.39, 0.29) is 18.5 Å². The number of hydrogen-bond acceptors (Lipinski definition) is 5. The summed E-state index contributed by atoms with van der Waals surface area (Å²) in [6.45, 7) is 4.97. The topological polar surface area (TPSA) is 95.9 Å². The van der Waals surface area contributed by atoms with Crippen molar-refractivity contribution in [1.82, 2.24) is 5.32 Å². The molecule has 0 aliphatic heterocycles. The average molecular weight is 1280 g/mol. The second kappa shape index (κ2) is 80.8. The zero-order valence-electron chi connectivity index (χ0n) is 62.1. The lowest BCUT2D eigenvalue weighted by molar-refractivity contribution is -0.143. The van der Waals surface area contributed by atoms with Gasteiger partial charge in [0.15, 0.2) is 0 Å². The lowest BCUT2D eigenvalue weighted by Gasteiger charge is -2.20. The third-order valence-corrected chi connectivity index (χ3v) is 20.0. The van der Waals surface area contributed by atoms with Gasteiger partial charge in [-0.25, -0.2) is 0 Å². The smallest absolute Gasteiger partial charge is 0.305 e. The van der Waals surface area contributed by atoms with Gasteiger partial charge in [-0.1, -0.05) is 436 Å². The molecule has 0 saturated heterocycles. The van der Waals surface area contributed by atoms with Crippen LogP contribution in [0.25, 0.3) is 0 Å². The maximum atomic E-state index is 12.6. The summed E-state index contributed by atoms with van der Waals surface area (Å²) in [5.41, 5.74) is 0. The fourth-order valence-corrected chi connectivity index (χ4v) is 13.6. The Morgan fingerprint density at radius 1 is 0.297 bits per heavy atom. The maximum Gasteiger partial charge on any atom is 0.305 e. The summed E-state index contributed by atoms with van der Waals surface area (Å²) >= 11 is 0. The van der Waals surface area contributed by atoms with E-state index in [4.69, 9.17) is 4.74 Å². The van der Waals surface area contributed by atoms with Crippen LogP contribution in [0.3, 0.4) is 0 Å². The zero-order valence-corrected chi connectivity index (χ0v) is 62.1. The summed E-state index contributed by atoms with van der Waals surface area (Å²) in [5, 5.41) is 23.3. The predicted molar refractivity (Wildman–Crippen MR) is 403 cm³/mol. The number of allylic oxidation sites excluding steroid dienone is 3. The second-order valence-electron chi connectivity index (χ2n) is 29.2. The minimum Gasteiger partial charge on any atom is -0.466 e. The number of nitrogens with one attached hydrogen (secondary N) is 1. The maximum absolute atomic E-state index is 12.6. The lowest BCUT2D eigenvalue weighted by Crippen LogP contribution is -2.45. The van der Waals surface area contributed by atoms with E-state index >= 15 is 0 Å². The van der Waals surface area contributed by atoms with Crippen molar-refractivity contribution in [2.75, 3.05) is 13.2 Å². The standard InChI is InChI=1S/C85H165NO5/c1-3-5-7-9-11-13-15-17-19-21-23-24-36-39-42-45-49-53-57-61-65-69-73-77-83(88)82(81-87)86-84(89)78-74-70-66-62-58-54-50-46-43-40-37-34-32-30-28-26-25-27-29-31-33-35-38-41-44-48-52-56-60-64-68-72-76-80-91-85(90)79-75-71-67-63-59-55-51-47-22-20-18-16-14-12-10-8-6-4-2/h29,31,73,77,82-83,87-88H,3-28,30,32-72,74-76,78-81H2,1-2H3,(H,86,89)/b31-29-,77-73+. The number of hydrogen-bond donors (Lipinski definition) is 3. The van der Waals surface area contributed by atoms with Crippen molar-refractivity contribution < 1.29 is 24.5 Å². The summed E-state index contributed by atoms with van der Waals surface area (Å²) < 4.78 is 5.52. The van der Waals surface area contributed by atoms with Crippen molar-refractivity contribution in [2.24, 2.45) is 0 Å². The van der Waals surface area contributed by atoms with Gasteiger partial charge in [-0.3, -0.25) is 9.59 Å². The average Bonchev–Trinajstić information content (AvgIpc) is 3.56. The molecule has 0 saturated carbocycles. The molecule has 0 aromatic rings. The van der Waals surface area contributed by atoms with Gasteiger partial charge in [-0.15, -0.1) is 0 Å². The Morgan fingerprint density at radius 2 is 0.516 bits per heavy atom. The third-order valence-electron chi connectivity index (χ3n) is 20.0. The molecule has 540 valence electrons. The Hall–Kier alpha value is -1.66. The fraction of sp³-hybridized carbons (Fsp3) is 0.929. The Morgan fingerprint density at radius 3 is 0.780 bits per heavy atom. The van der Waals surface area contributed by atoms with E-state index < -0.39 is 12.1 Å². The minimum atomic E-state index is -0.844. The quantitative estimate of drug-likeness (QED) is 0.0320. The molecule has 6 heteroatoms. The van der Waals surface area contributed by atoms with Crippen LogP contribution in [-0.2, 0) is 14.3 Å². The summed E-state index contributed by atoms with van der Waals surface area (Å²) in [6, 6.07) is -0.627. The highest BCUT2D eigenvalue weighted by Crippen LogP contribution is 2.20. The molecular formula is C85H165NO5. The monoisotopic (exact) mass is 1280 g/mol. The molecule has 0 aromatic heterocycles. The van der Waals surface area contributed by atoms with E-state index in [0.29, 0.717) is 19.4 Å². The molecule has 0 aromatic carbocycles. The third kappa shape index (κ3) is 77.2. The molecule has 2 unspecified atom stereocenters. The van der Waals surface area contributed by atoms with Gasteiger partial charge in [-0.05, 0) is 57.8 Å². The zero-order chi connectivity index (χ0) is 65.6. The minimum absolute atomic E-state index is 0.0241. The van der Waals surface area contributed by atoms with E-state index in [1.807, 2.05) is 6.08 Å². The molecule has 0 rings (SSSR count). The van der Waals surface area contributed by atoms with Crippen molar-refractivity contribution in [3.63, 3.8) is 0 Å². The molecule has 0 fully saturated rings. The van der Waals surface area contributed by atoms with Gasteiger partial charge in [-0.2, -0.15) is 0 Å². The van der Waals surface area contributed by atoms with Crippen molar-refractivity contribution in [1.29, 1.82) is 0 Å². The largest absolute Gasteiger partial charge is 0.466 e. The van der Waals surface area contributed by atoms with Crippen LogP contribution < -0.4 is 5.32 Å². The van der Waals surface area contributed by atoms with E-state index in [1.165, 1.54) is 417 Å². The van der Waals surface area contributed by atoms with Gasteiger partial charge in [0.2, 0.25) is 5.91 Å². The Kier molecular flexibility index (Phi) is 79.3. The van der Waals surface area contributed by atoms with Crippen LogP contribution in [0, 0.1) is 0 Å². The normalized spacial score (nSPS) is 12.5. The van der Waals surface area contributed by atoms with Crippen LogP contribution in [0.5, 0.6) is 0 Å². The molecule has 0 spiro atoms. The van der Waals surface area contributed by atoms with E-state index in [9.17, 15) is 19.8 Å². The number of aliphatic hydroxyl groups is 2. The molecule has 6 nitrogen and oxygen atoms in total. The van der Waals surface area contributed by atoms with Gasteiger partial charge < -0.3 is 20.3 Å². The van der Waals surface area contributed by atoms with E-state index in [0.717, 1.165) is 38.5 Å². The van der Waals surface area contributed by atoms with Crippen LogP contribution in [0.15, 0.2) is 24.3 Å². The number of ether oxygens (including phenoxy) is 1. The molecule has 3 N–H and O–H groups in total. The van der Waals surface area contributed by atoms with Crippen LogP contribution in [0.4, 0.5) is 0 Å². The van der Waals surface area contributed by atoms with Crippen molar-refractivity contribution >= 4 is 11.9 Å². The molecule has 0 bridgehead atoms. The lowest BCUT2D eigenvalue weighted by atomic mass is 10.0. The molecule has 91 heavy (non-hydrogen) atoms. The summed E-state index contributed by atoms with van der Waals surface area (Å²) in [7, 11) is 0.